The Morgan fingerprint density at radius 1 is 0.302 bits per heavy atom. The molecule has 3 nitrogen and oxygen atoms in total. The van der Waals surface area contributed by atoms with Crippen LogP contribution in [-0.2, 0) is 0 Å². The molecule has 0 aliphatic rings. The Bertz CT molecular complexity index is 3570. The molecule has 2 aromatic heterocycles. The lowest BCUT2D eigenvalue weighted by Crippen LogP contribution is -2.09. The van der Waals surface area contributed by atoms with E-state index in [2.05, 4.69) is 240 Å². The molecule has 0 fully saturated rings. The minimum Gasteiger partial charge on any atom is -0.455 e. The average Bonchev–Trinajstić information content (AvgIpc) is 3.91. The molecule has 12 rings (SSSR count). The number of rotatable bonds is 8. The van der Waals surface area contributed by atoms with Crippen molar-refractivity contribution in [3.05, 3.63) is 243 Å². The number of para-hydroxylation sites is 4. The standard InChI is InChI=1S/C60H40N2O/c1-3-12-41(13-4-1)42-22-24-43(25-23-42)44-26-33-49(34-27-44)61(51-37-30-46(31-38-51)52-18-11-19-55-54-17-8-10-21-59(54)63-60(52)55)50-35-28-45(29-36-50)47-32-39-58-56(40-47)53-16-7-9-20-57(53)62(58)48-14-5-2-6-15-48/h1-40H. The smallest absolute Gasteiger partial charge is 0.143 e. The number of aromatic nitrogens is 1. The number of hydrogen-bond acceptors (Lipinski definition) is 2. The molecule has 0 N–H and O–H groups in total. The lowest BCUT2D eigenvalue weighted by Gasteiger charge is -2.26. The summed E-state index contributed by atoms with van der Waals surface area (Å²) in [5.41, 5.74) is 17.9. The van der Waals surface area contributed by atoms with Crippen LogP contribution >= 0.6 is 0 Å². The first kappa shape index (κ1) is 36.5. The average molecular weight is 805 g/mol. The zero-order valence-electron chi connectivity index (χ0n) is 34.4. The highest BCUT2D eigenvalue weighted by Gasteiger charge is 2.17. The van der Waals surface area contributed by atoms with Gasteiger partial charge in [-0.15, -0.1) is 0 Å². The monoisotopic (exact) mass is 804 g/mol. The minimum absolute atomic E-state index is 0.903. The van der Waals surface area contributed by atoms with Crippen LogP contribution in [0.15, 0.2) is 247 Å². The van der Waals surface area contributed by atoms with Crippen molar-refractivity contribution in [2.75, 3.05) is 4.90 Å². The van der Waals surface area contributed by atoms with Gasteiger partial charge in [0.1, 0.15) is 11.2 Å². The fraction of sp³-hybridized carbons (Fsp3) is 0. The van der Waals surface area contributed by atoms with Gasteiger partial charge in [-0.25, -0.2) is 0 Å². The van der Waals surface area contributed by atoms with Crippen LogP contribution in [0.4, 0.5) is 17.1 Å². The summed E-state index contributed by atoms with van der Waals surface area (Å²) in [5, 5.41) is 4.75. The van der Waals surface area contributed by atoms with Crippen LogP contribution in [-0.4, -0.2) is 4.57 Å². The molecule has 0 aliphatic carbocycles. The first-order chi connectivity index (χ1) is 31.2. The summed E-state index contributed by atoms with van der Waals surface area (Å²) >= 11 is 0. The molecule has 0 saturated carbocycles. The third-order valence-electron chi connectivity index (χ3n) is 12.4. The Labute approximate surface area is 366 Å². The molecule has 0 amide bonds. The molecule has 296 valence electrons. The van der Waals surface area contributed by atoms with E-state index in [1.165, 1.54) is 55.2 Å². The van der Waals surface area contributed by atoms with Crippen molar-refractivity contribution in [1.82, 2.24) is 4.57 Å². The van der Waals surface area contributed by atoms with E-state index in [4.69, 9.17) is 4.42 Å². The zero-order chi connectivity index (χ0) is 41.7. The fourth-order valence-electron chi connectivity index (χ4n) is 9.31. The largest absolute Gasteiger partial charge is 0.455 e. The van der Waals surface area contributed by atoms with Crippen molar-refractivity contribution in [2.45, 2.75) is 0 Å². The molecule has 10 aromatic carbocycles. The van der Waals surface area contributed by atoms with E-state index in [1.807, 2.05) is 12.1 Å². The summed E-state index contributed by atoms with van der Waals surface area (Å²) in [5.74, 6) is 0. The fourth-order valence-corrected chi connectivity index (χ4v) is 9.31. The first-order valence-electron chi connectivity index (χ1n) is 21.5. The number of benzene rings is 10. The highest BCUT2D eigenvalue weighted by molar-refractivity contribution is 6.11. The third-order valence-corrected chi connectivity index (χ3v) is 12.4. The van der Waals surface area contributed by atoms with E-state index in [-0.39, 0.29) is 0 Å². The summed E-state index contributed by atoms with van der Waals surface area (Å²) < 4.78 is 8.80. The molecular formula is C60H40N2O. The summed E-state index contributed by atoms with van der Waals surface area (Å²) in [6, 6.07) is 87.0. The van der Waals surface area contributed by atoms with E-state index in [1.54, 1.807) is 0 Å². The van der Waals surface area contributed by atoms with E-state index >= 15 is 0 Å². The summed E-state index contributed by atoms with van der Waals surface area (Å²) in [7, 11) is 0. The molecule has 0 saturated heterocycles. The molecule has 0 aliphatic heterocycles. The predicted octanol–water partition coefficient (Wildman–Crippen LogP) is 16.8. The number of nitrogens with zero attached hydrogens (tertiary/aromatic N) is 2. The van der Waals surface area contributed by atoms with Crippen molar-refractivity contribution in [3.8, 4) is 50.2 Å². The van der Waals surface area contributed by atoms with Gasteiger partial charge >= 0.3 is 0 Å². The van der Waals surface area contributed by atoms with Crippen LogP contribution in [0.3, 0.4) is 0 Å². The number of anilines is 3. The quantitative estimate of drug-likeness (QED) is 0.153. The van der Waals surface area contributed by atoms with Crippen LogP contribution in [0, 0.1) is 0 Å². The van der Waals surface area contributed by atoms with Crippen molar-refractivity contribution in [2.24, 2.45) is 0 Å². The summed E-state index contributed by atoms with van der Waals surface area (Å²) in [4.78, 5) is 2.34. The van der Waals surface area contributed by atoms with Crippen molar-refractivity contribution in [3.63, 3.8) is 0 Å². The number of furan rings is 1. The molecule has 0 spiro atoms. The van der Waals surface area contributed by atoms with Gasteiger partial charge in [0.25, 0.3) is 0 Å². The van der Waals surface area contributed by atoms with Gasteiger partial charge in [-0.2, -0.15) is 0 Å². The van der Waals surface area contributed by atoms with E-state index in [9.17, 15) is 0 Å². The second-order valence-corrected chi connectivity index (χ2v) is 16.1. The van der Waals surface area contributed by atoms with E-state index < -0.39 is 0 Å². The van der Waals surface area contributed by atoms with Crippen LogP contribution in [0.2, 0.25) is 0 Å². The Kier molecular flexibility index (Phi) is 8.83. The van der Waals surface area contributed by atoms with Crippen LogP contribution in [0.5, 0.6) is 0 Å². The van der Waals surface area contributed by atoms with Crippen LogP contribution < -0.4 is 4.90 Å². The highest BCUT2D eigenvalue weighted by atomic mass is 16.3. The Morgan fingerprint density at radius 2 is 0.762 bits per heavy atom. The van der Waals surface area contributed by atoms with Gasteiger partial charge in [0.05, 0.1) is 11.0 Å². The van der Waals surface area contributed by atoms with Crippen LogP contribution in [0.1, 0.15) is 0 Å². The van der Waals surface area contributed by atoms with Gasteiger partial charge < -0.3 is 13.9 Å². The SMILES string of the molecule is c1ccc(-c2ccc(-c3ccc(N(c4ccc(-c5ccc6c(c5)c5ccccc5n6-c5ccccc5)cc4)c4ccc(-c5cccc6c5oc5ccccc56)cc4)cc3)cc2)cc1. The maximum atomic E-state index is 6.43. The lowest BCUT2D eigenvalue weighted by atomic mass is 9.99. The third kappa shape index (κ3) is 6.46. The molecule has 0 bridgehead atoms. The maximum absolute atomic E-state index is 6.43. The Hall–Kier alpha value is -8.40. The molecular weight excluding hydrogens is 765 g/mol. The number of fused-ring (bicyclic) bond motifs is 6. The first-order valence-corrected chi connectivity index (χ1v) is 21.5. The van der Waals surface area contributed by atoms with Gasteiger partial charge in [-0.1, -0.05) is 170 Å². The molecule has 63 heavy (non-hydrogen) atoms. The Balaban J connectivity index is 0.915. The number of hydrogen-bond donors (Lipinski definition) is 0. The molecule has 2 heterocycles. The van der Waals surface area contributed by atoms with Gasteiger partial charge in [0, 0.05) is 49.9 Å². The predicted molar refractivity (Wildman–Crippen MR) is 264 cm³/mol. The van der Waals surface area contributed by atoms with Crippen molar-refractivity contribution in [1.29, 1.82) is 0 Å². The van der Waals surface area contributed by atoms with Gasteiger partial charge in [0.2, 0.25) is 0 Å². The zero-order valence-corrected chi connectivity index (χ0v) is 34.4. The second kappa shape index (κ2) is 15.3. The summed E-state index contributed by atoms with van der Waals surface area (Å²) in [6.07, 6.45) is 0. The normalized spacial score (nSPS) is 11.5. The maximum Gasteiger partial charge on any atom is 0.143 e. The molecule has 12 aromatic rings. The molecule has 0 atom stereocenters. The van der Waals surface area contributed by atoms with Crippen molar-refractivity contribution < 1.29 is 4.42 Å². The van der Waals surface area contributed by atoms with Crippen molar-refractivity contribution >= 4 is 60.8 Å². The van der Waals surface area contributed by atoms with Gasteiger partial charge in [-0.3, -0.25) is 0 Å². The van der Waals surface area contributed by atoms with Crippen LogP contribution in [0.25, 0.3) is 93.9 Å². The molecule has 0 unspecified atom stereocenters. The molecule has 0 radical (unpaired) electrons. The minimum atomic E-state index is 0.903. The highest BCUT2D eigenvalue weighted by Crippen LogP contribution is 2.41. The van der Waals surface area contributed by atoms with E-state index in [0.717, 1.165) is 55.8 Å². The van der Waals surface area contributed by atoms with Gasteiger partial charge in [0.15, 0.2) is 0 Å². The topological polar surface area (TPSA) is 21.3 Å². The lowest BCUT2D eigenvalue weighted by molar-refractivity contribution is 0.670. The second-order valence-electron chi connectivity index (χ2n) is 16.1. The summed E-state index contributed by atoms with van der Waals surface area (Å²) in [6.45, 7) is 0. The Morgan fingerprint density at radius 3 is 1.41 bits per heavy atom. The molecule has 3 heteroatoms. The van der Waals surface area contributed by atoms with Gasteiger partial charge in [-0.05, 0) is 112 Å². The van der Waals surface area contributed by atoms with E-state index in [0.29, 0.717) is 0 Å².